The van der Waals surface area contributed by atoms with E-state index in [4.69, 9.17) is 0 Å². The topological polar surface area (TPSA) is 37.4 Å². The second-order valence-electron chi connectivity index (χ2n) is 3.48. The van der Waals surface area contributed by atoms with Crippen LogP contribution in [0.25, 0.3) is 0 Å². The average Bonchev–Trinajstić information content (AvgIpc) is 2.29. The number of rotatable bonds is 4. The molecule has 15 heavy (non-hydrogen) atoms. The zero-order chi connectivity index (χ0) is 11.3. The van der Waals surface area contributed by atoms with Crippen LogP contribution < -0.4 is 0 Å². The highest BCUT2D eigenvalue weighted by molar-refractivity contribution is 6.23. The molecule has 3 heteroatoms. The molecule has 1 rings (SSSR count). The van der Waals surface area contributed by atoms with E-state index in [-0.39, 0.29) is 0 Å². The first-order valence-electron chi connectivity index (χ1n) is 4.95. The Hall–Kier alpha value is -1.64. The minimum absolute atomic E-state index is 0.334. The Labute approximate surface area is 89.7 Å². The summed E-state index contributed by atoms with van der Waals surface area (Å²) in [7, 11) is 1.62. The highest BCUT2D eigenvalue weighted by Gasteiger charge is 2.06. The Morgan fingerprint density at radius 3 is 2.27 bits per heavy atom. The molecule has 0 fully saturated rings. The molecule has 0 aliphatic heterocycles. The summed E-state index contributed by atoms with van der Waals surface area (Å²) in [5.74, 6) is -0.491. The summed E-state index contributed by atoms with van der Waals surface area (Å²) in [4.78, 5) is 22.6. The van der Waals surface area contributed by atoms with Crippen LogP contribution in [0.5, 0.6) is 0 Å². The van der Waals surface area contributed by atoms with Crippen molar-refractivity contribution in [2.24, 2.45) is 0 Å². The fourth-order valence-corrected chi connectivity index (χ4v) is 1.32. The minimum atomic E-state index is -0.491. The molecule has 0 unspecified atom stereocenters. The van der Waals surface area contributed by atoms with Crippen molar-refractivity contribution in [3.05, 3.63) is 35.4 Å². The number of benzene rings is 1. The third-order valence-electron chi connectivity index (χ3n) is 2.33. The standard InChI is InChI=1S/C12H15NO2/c1-3-10-4-6-11(7-5-10)8-13(2)12(15)9-14/h4-7,9H,3,8H2,1-2H3. The van der Waals surface area contributed by atoms with Crippen LogP contribution in [-0.4, -0.2) is 24.1 Å². The highest BCUT2D eigenvalue weighted by atomic mass is 16.2. The van der Waals surface area contributed by atoms with E-state index in [0.717, 1.165) is 12.0 Å². The van der Waals surface area contributed by atoms with Crippen molar-refractivity contribution in [1.82, 2.24) is 4.90 Å². The molecule has 1 amide bonds. The molecule has 0 saturated carbocycles. The normalized spacial score (nSPS) is 9.73. The fraction of sp³-hybridized carbons (Fsp3) is 0.333. The van der Waals surface area contributed by atoms with Gasteiger partial charge in [-0.25, -0.2) is 0 Å². The number of carbonyl (C=O) groups is 2. The van der Waals surface area contributed by atoms with Crippen molar-refractivity contribution in [3.8, 4) is 0 Å². The summed E-state index contributed by atoms with van der Waals surface area (Å²) in [5, 5.41) is 0. The quantitative estimate of drug-likeness (QED) is 0.550. The third-order valence-corrected chi connectivity index (χ3v) is 2.33. The Kier molecular flexibility index (Phi) is 4.03. The largest absolute Gasteiger partial charge is 0.335 e. The van der Waals surface area contributed by atoms with E-state index in [2.05, 4.69) is 6.92 Å². The molecule has 0 aliphatic rings. The number of hydrogen-bond acceptors (Lipinski definition) is 2. The predicted octanol–water partition coefficient (Wildman–Crippen LogP) is 1.41. The maximum Gasteiger partial charge on any atom is 0.286 e. The SMILES string of the molecule is CCc1ccc(CN(C)C(=O)C=O)cc1. The van der Waals surface area contributed by atoms with Crippen molar-refractivity contribution in [3.63, 3.8) is 0 Å². The number of carbonyl (C=O) groups excluding carboxylic acids is 2. The molecule has 0 spiro atoms. The maximum absolute atomic E-state index is 11.0. The van der Waals surface area contributed by atoms with Crippen LogP contribution in [0.2, 0.25) is 0 Å². The number of amides is 1. The van der Waals surface area contributed by atoms with E-state index in [9.17, 15) is 9.59 Å². The second-order valence-corrected chi connectivity index (χ2v) is 3.48. The van der Waals surface area contributed by atoms with Crippen molar-refractivity contribution in [1.29, 1.82) is 0 Å². The molecule has 0 aliphatic carbocycles. The van der Waals surface area contributed by atoms with Gasteiger partial charge >= 0.3 is 0 Å². The molecule has 0 saturated heterocycles. The number of aryl methyl sites for hydroxylation is 1. The smallest absolute Gasteiger partial charge is 0.286 e. The first-order valence-corrected chi connectivity index (χ1v) is 4.95. The van der Waals surface area contributed by atoms with Gasteiger partial charge in [-0.1, -0.05) is 31.2 Å². The monoisotopic (exact) mass is 205 g/mol. The lowest BCUT2D eigenvalue weighted by Gasteiger charge is -2.13. The molecule has 0 radical (unpaired) electrons. The lowest BCUT2D eigenvalue weighted by atomic mass is 10.1. The fourth-order valence-electron chi connectivity index (χ4n) is 1.32. The molecule has 0 N–H and O–H groups in total. The molecule has 1 aromatic rings. The van der Waals surface area contributed by atoms with Crippen LogP contribution in [0, 0.1) is 0 Å². The van der Waals surface area contributed by atoms with Crippen LogP contribution >= 0.6 is 0 Å². The molecule has 0 atom stereocenters. The molecule has 0 heterocycles. The van der Waals surface area contributed by atoms with Gasteiger partial charge < -0.3 is 4.90 Å². The van der Waals surface area contributed by atoms with Gasteiger partial charge in [0.2, 0.25) is 6.29 Å². The highest BCUT2D eigenvalue weighted by Crippen LogP contribution is 2.07. The van der Waals surface area contributed by atoms with Gasteiger partial charge in [0.25, 0.3) is 5.91 Å². The number of hydrogen-bond donors (Lipinski definition) is 0. The van der Waals surface area contributed by atoms with Gasteiger partial charge in [-0.15, -0.1) is 0 Å². The van der Waals surface area contributed by atoms with E-state index in [1.54, 1.807) is 7.05 Å². The minimum Gasteiger partial charge on any atom is -0.335 e. The predicted molar refractivity (Wildman–Crippen MR) is 58.4 cm³/mol. The van der Waals surface area contributed by atoms with Gasteiger partial charge in [0.1, 0.15) is 0 Å². The number of nitrogens with zero attached hydrogens (tertiary/aromatic N) is 1. The van der Waals surface area contributed by atoms with Crippen LogP contribution in [0.15, 0.2) is 24.3 Å². The summed E-state index contributed by atoms with van der Waals surface area (Å²) in [6.45, 7) is 2.57. The lowest BCUT2D eigenvalue weighted by Crippen LogP contribution is -2.26. The lowest BCUT2D eigenvalue weighted by molar-refractivity contribution is -0.138. The number of likely N-dealkylation sites (N-methyl/N-ethyl adjacent to an activating group) is 1. The van der Waals surface area contributed by atoms with Crippen molar-refractivity contribution in [2.45, 2.75) is 19.9 Å². The van der Waals surface area contributed by atoms with Gasteiger partial charge in [-0.05, 0) is 17.5 Å². The van der Waals surface area contributed by atoms with Gasteiger partial charge in [0.15, 0.2) is 0 Å². The Bertz CT molecular complexity index is 343. The summed E-state index contributed by atoms with van der Waals surface area (Å²) in [6, 6.07) is 8.03. The van der Waals surface area contributed by atoms with Crippen LogP contribution in [0.4, 0.5) is 0 Å². The first-order chi connectivity index (χ1) is 7.17. The zero-order valence-electron chi connectivity index (χ0n) is 9.06. The van der Waals surface area contributed by atoms with Gasteiger partial charge in [0, 0.05) is 13.6 Å². The Balaban J connectivity index is 2.64. The van der Waals surface area contributed by atoms with Crippen LogP contribution in [-0.2, 0) is 22.6 Å². The zero-order valence-corrected chi connectivity index (χ0v) is 9.06. The van der Waals surface area contributed by atoms with Crippen LogP contribution in [0.1, 0.15) is 18.1 Å². The van der Waals surface area contributed by atoms with Gasteiger partial charge in [-0.3, -0.25) is 9.59 Å². The Morgan fingerprint density at radius 1 is 1.27 bits per heavy atom. The molecule has 1 aromatic carbocycles. The van der Waals surface area contributed by atoms with E-state index in [1.807, 2.05) is 24.3 Å². The average molecular weight is 205 g/mol. The van der Waals surface area contributed by atoms with Gasteiger partial charge in [-0.2, -0.15) is 0 Å². The second kappa shape index (κ2) is 5.29. The molecule has 80 valence electrons. The molecule has 3 nitrogen and oxygen atoms in total. The summed E-state index contributed by atoms with van der Waals surface area (Å²) < 4.78 is 0. The molecule has 0 bridgehead atoms. The molecule has 0 aromatic heterocycles. The van der Waals surface area contributed by atoms with E-state index in [0.29, 0.717) is 12.8 Å². The third kappa shape index (κ3) is 3.20. The van der Waals surface area contributed by atoms with E-state index >= 15 is 0 Å². The summed E-state index contributed by atoms with van der Waals surface area (Å²) >= 11 is 0. The van der Waals surface area contributed by atoms with E-state index in [1.165, 1.54) is 10.5 Å². The number of aldehydes is 1. The molecular formula is C12H15NO2. The summed E-state index contributed by atoms with van der Waals surface area (Å²) in [5.41, 5.74) is 2.30. The van der Waals surface area contributed by atoms with Crippen molar-refractivity contribution >= 4 is 12.2 Å². The van der Waals surface area contributed by atoms with Gasteiger partial charge in [0.05, 0.1) is 0 Å². The summed E-state index contributed by atoms with van der Waals surface area (Å²) in [6.07, 6.45) is 1.34. The first kappa shape index (κ1) is 11.4. The maximum atomic E-state index is 11.0. The van der Waals surface area contributed by atoms with Crippen molar-refractivity contribution in [2.75, 3.05) is 7.05 Å². The van der Waals surface area contributed by atoms with E-state index < -0.39 is 5.91 Å². The Morgan fingerprint density at radius 2 is 1.80 bits per heavy atom. The van der Waals surface area contributed by atoms with Crippen LogP contribution in [0.3, 0.4) is 0 Å². The van der Waals surface area contributed by atoms with Crippen molar-refractivity contribution < 1.29 is 9.59 Å². The molecular weight excluding hydrogens is 190 g/mol.